The van der Waals surface area contributed by atoms with Gasteiger partial charge in [0.2, 0.25) is 0 Å². The van der Waals surface area contributed by atoms with Crippen LogP contribution in [0.15, 0.2) is 133 Å². The molecule has 0 radical (unpaired) electrons. The summed E-state index contributed by atoms with van der Waals surface area (Å²) in [5, 5.41) is 7.94. The zero-order chi connectivity index (χ0) is 29.0. The Morgan fingerprint density at radius 3 is 1.52 bits per heavy atom. The van der Waals surface area contributed by atoms with E-state index in [-0.39, 0.29) is 6.10 Å². The zero-order valence-corrected chi connectivity index (χ0v) is 25.8. The second-order valence-corrected chi connectivity index (χ2v) is 14.1. The van der Waals surface area contributed by atoms with Crippen LogP contribution < -0.4 is 0 Å². The normalized spacial score (nSPS) is 17.2. The van der Waals surface area contributed by atoms with Gasteiger partial charge in [0.25, 0.3) is 0 Å². The highest BCUT2D eigenvalue weighted by atomic mass is 32.1. The van der Waals surface area contributed by atoms with Crippen molar-refractivity contribution in [3.63, 3.8) is 0 Å². The van der Waals surface area contributed by atoms with Crippen molar-refractivity contribution in [2.24, 2.45) is 0 Å². The first-order valence-corrected chi connectivity index (χ1v) is 17.1. The highest BCUT2D eigenvalue weighted by Gasteiger charge is 2.27. The topological polar surface area (TPSA) is 9.23 Å². The molecule has 0 bridgehead atoms. The molecular formula is C41H30OS2. The molecule has 0 aliphatic carbocycles. The molecule has 2 aromatic heterocycles. The number of hydrogen-bond donors (Lipinski definition) is 0. The van der Waals surface area contributed by atoms with Crippen LogP contribution in [-0.4, -0.2) is 6.61 Å². The third kappa shape index (κ3) is 4.38. The van der Waals surface area contributed by atoms with E-state index in [1.165, 1.54) is 73.7 Å². The first-order chi connectivity index (χ1) is 21.8. The molecule has 0 spiro atoms. The average Bonchev–Trinajstić information content (AvgIpc) is 3.72. The maximum absolute atomic E-state index is 6.74. The molecule has 9 rings (SSSR count). The first-order valence-electron chi connectivity index (χ1n) is 15.4. The minimum Gasteiger partial charge on any atom is -0.373 e. The van der Waals surface area contributed by atoms with Crippen LogP contribution in [-0.2, 0) is 4.74 Å². The molecule has 0 amide bonds. The molecule has 212 valence electrons. The van der Waals surface area contributed by atoms with Crippen LogP contribution in [0.2, 0.25) is 0 Å². The summed E-state index contributed by atoms with van der Waals surface area (Å²) in [5.74, 6) is 0.386. The Morgan fingerprint density at radius 1 is 0.477 bits per heavy atom. The van der Waals surface area contributed by atoms with Crippen molar-refractivity contribution in [2.75, 3.05) is 6.61 Å². The van der Waals surface area contributed by atoms with Gasteiger partial charge in [-0.05, 0) is 91.7 Å². The molecule has 6 aromatic carbocycles. The number of rotatable bonds is 4. The molecule has 1 aliphatic rings. The summed E-state index contributed by atoms with van der Waals surface area (Å²) in [6.07, 6.45) is 2.24. The Kier molecular flexibility index (Phi) is 6.37. The Labute approximate surface area is 265 Å². The highest BCUT2D eigenvalue weighted by Crippen LogP contribution is 2.45. The summed E-state index contributed by atoms with van der Waals surface area (Å²) < 4.78 is 9.42. The van der Waals surface area contributed by atoms with Crippen molar-refractivity contribution in [3.8, 4) is 20.9 Å². The molecule has 0 N–H and O–H groups in total. The molecule has 8 aromatic rings. The predicted molar refractivity (Wildman–Crippen MR) is 190 cm³/mol. The van der Waals surface area contributed by atoms with Gasteiger partial charge < -0.3 is 4.74 Å². The van der Waals surface area contributed by atoms with E-state index in [9.17, 15) is 0 Å². The Bertz CT molecular complexity index is 2080. The van der Waals surface area contributed by atoms with E-state index < -0.39 is 0 Å². The molecule has 2 unspecified atom stereocenters. The largest absolute Gasteiger partial charge is 0.373 e. The van der Waals surface area contributed by atoms with Gasteiger partial charge in [-0.15, -0.1) is 22.7 Å². The van der Waals surface area contributed by atoms with Gasteiger partial charge in [0.05, 0.1) is 12.7 Å². The van der Waals surface area contributed by atoms with Crippen LogP contribution in [0.4, 0.5) is 0 Å². The lowest BCUT2D eigenvalue weighted by atomic mass is 9.84. The number of benzene rings is 6. The molecule has 1 aliphatic heterocycles. The summed E-state index contributed by atoms with van der Waals surface area (Å²) in [7, 11) is 0. The molecule has 2 atom stereocenters. The lowest BCUT2D eigenvalue weighted by Crippen LogP contribution is -2.20. The molecule has 1 nitrogen and oxygen atoms in total. The van der Waals surface area contributed by atoms with E-state index in [0.29, 0.717) is 5.92 Å². The molecule has 1 fully saturated rings. The second-order valence-electron chi connectivity index (χ2n) is 11.9. The van der Waals surface area contributed by atoms with Crippen LogP contribution in [0, 0.1) is 0 Å². The fraction of sp³-hybridized carbons (Fsp3) is 0.122. The number of hydrogen-bond acceptors (Lipinski definition) is 3. The molecule has 44 heavy (non-hydrogen) atoms. The Balaban J connectivity index is 1.02. The summed E-state index contributed by atoms with van der Waals surface area (Å²) in [4.78, 5) is 2.66. The third-order valence-corrected chi connectivity index (χ3v) is 11.7. The van der Waals surface area contributed by atoms with Crippen LogP contribution in [0.1, 0.15) is 36.0 Å². The zero-order valence-electron chi connectivity index (χ0n) is 24.2. The predicted octanol–water partition coefficient (Wildman–Crippen LogP) is 12.4. The molecule has 1 saturated heterocycles. The minimum absolute atomic E-state index is 0.108. The van der Waals surface area contributed by atoms with Crippen molar-refractivity contribution in [2.45, 2.75) is 24.9 Å². The van der Waals surface area contributed by atoms with Gasteiger partial charge in [0.1, 0.15) is 0 Å². The Morgan fingerprint density at radius 2 is 0.977 bits per heavy atom. The van der Waals surface area contributed by atoms with Gasteiger partial charge in [-0.3, -0.25) is 0 Å². The van der Waals surface area contributed by atoms with Gasteiger partial charge in [-0.1, -0.05) is 109 Å². The van der Waals surface area contributed by atoms with Crippen molar-refractivity contribution in [1.29, 1.82) is 0 Å². The lowest BCUT2D eigenvalue weighted by Gasteiger charge is -2.31. The third-order valence-electron chi connectivity index (χ3n) is 9.36. The van der Waals surface area contributed by atoms with E-state index in [4.69, 9.17) is 4.74 Å². The van der Waals surface area contributed by atoms with Gasteiger partial charge in [0.15, 0.2) is 0 Å². The molecule has 0 saturated carbocycles. The highest BCUT2D eigenvalue weighted by molar-refractivity contribution is 7.22. The molecule has 3 heteroatoms. The second kappa shape index (κ2) is 10.7. The van der Waals surface area contributed by atoms with Crippen LogP contribution in [0.25, 0.3) is 62.6 Å². The van der Waals surface area contributed by atoms with Crippen molar-refractivity contribution in [3.05, 3.63) is 145 Å². The Hall–Kier alpha value is -4.28. The number of ether oxygens (including phenoxy) is 1. The number of thiophene rings is 2. The maximum atomic E-state index is 6.74. The number of fused-ring (bicyclic) bond motifs is 4. The van der Waals surface area contributed by atoms with Crippen LogP contribution in [0.3, 0.4) is 0 Å². The summed E-state index contributed by atoms with van der Waals surface area (Å²) in [5.41, 5.74) is 5.36. The SMILES string of the molecule is c1ccc2sc(-c3ccc(C4CCC(c5ccc(-c6cc7ccccc7s6)c6ccccc56)OC4)c4ccccc34)cc2c1. The summed E-state index contributed by atoms with van der Waals surface area (Å²) in [6, 6.07) is 49.2. The summed E-state index contributed by atoms with van der Waals surface area (Å²) in [6.45, 7) is 0.739. The first kappa shape index (κ1) is 26.2. The van der Waals surface area contributed by atoms with Gasteiger partial charge in [-0.25, -0.2) is 0 Å². The fourth-order valence-electron chi connectivity index (χ4n) is 7.18. The van der Waals surface area contributed by atoms with E-state index in [0.717, 1.165) is 19.4 Å². The van der Waals surface area contributed by atoms with Crippen molar-refractivity contribution in [1.82, 2.24) is 0 Å². The van der Waals surface area contributed by atoms with E-state index in [2.05, 4.69) is 133 Å². The monoisotopic (exact) mass is 602 g/mol. The van der Waals surface area contributed by atoms with Gasteiger partial charge in [0, 0.05) is 25.1 Å². The van der Waals surface area contributed by atoms with Crippen molar-refractivity contribution >= 4 is 64.4 Å². The molecular weight excluding hydrogens is 573 g/mol. The van der Waals surface area contributed by atoms with Crippen LogP contribution >= 0.6 is 22.7 Å². The van der Waals surface area contributed by atoms with E-state index in [1.54, 1.807) is 0 Å². The maximum Gasteiger partial charge on any atom is 0.0831 e. The minimum atomic E-state index is 0.108. The van der Waals surface area contributed by atoms with Gasteiger partial charge in [-0.2, -0.15) is 0 Å². The lowest BCUT2D eigenvalue weighted by molar-refractivity contribution is 0.00350. The van der Waals surface area contributed by atoms with Crippen molar-refractivity contribution < 1.29 is 4.74 Å². The summed E-state index contributed by atoms with van der Waals surface area (Å²) >= 11 is 3.76. The van der Waals surface area contributed by atoms with Gasteiger partial charge >= 0.3 is 0 Å². The standard InChI is InChI=1S/C41H30OS2/c1-7-15-38-26(9-1)23-40(43-38)35-20-18-29(30-11-3-5-13-32(30)35)28-17-22-37(42-25-28)34-19-21-36(33-14-6-4-12-31(33)34)41-24-27-10-2-8-16-39(27)44-41/h1-16,18-21,23-24,28,37H,17,22,25H2. The molecule has 3 heterocycles. The quantitative estimate of drug-likeness (QED) is 0.195. The van der Waals surface area contributed by atoms with E-state index >= 15 is 0 Å². The average molecular weight is 603 g/mol. The fourth-order valence-corrected chi connectivity index (χ4v) is 9.39. The van der Waals surface area contributed by atoms with E-state index in [1.807, 2.05) is 22.7 Å². The van der Waals surface area contributed by atoms with Crippen LogP contribution in [0.5, 0.6) is 0 Å². The smallest absolute Gasteiger partial charge is 0.0831 e.